The molecule has 194 valence electrons. The highest BCUT2D eigenvalue weighted by Gasteiger charge is 2.31. The van der Waals surface area contributed by atoms with Gasteiger partial charge in [-0.1, -0.05) is 67.9 Å². The van der Waals surface area contributed by atoms with Gasteiger partial charge in [-0.15, -0.1) is 0 Å². The van der Waals surface area contributed by atoms with Crippen LogP contribution in [0.2, 0.25) is 5.02 Å². The van der Waals surface area contributed by atoms with Gasteiger partial charge in [0.1, 0.15) is 0 Å². The van der Waals surface area contributed by atoms with Crippen molar-refractivity contribution in [1.29, 1.82) is 0 Å². The molecule has 0 aliphatic heterocycles. The van der Waals surface area contributed by atoms with E-state index in [1.165, 1.54) is 13.0 Å². The number of ketones is 1. The molecular formula is C28H30ClN3O5. The van der Waals surface area contributed by atoms with Crippen LogP contribution < -0.4 is 10.6 Å². The highest BCUT2D eigenvalue weighted by molar-refractivity contribution is 6.30. The van der Waals surface area contributed by atoms with Crippen molar-refractivity contribution in [2.75, 3.05) is 0 Å². The molecule has 0 aliphatic carbocycles. The molecule has 0 saturated heterocycles. The molecule has 0 saturated carbocycles. The first-order valence-electron chi connectivity index (χ1n) is 11.8. The minimum Gasteiger partial charge on any atom is -0.494 e. The Morgan fingerprint density at radius 2 is 1.62 bits per heavy atom. The Morgan fingerprint density at radius 3 is 2.19 bits per heavy atom. The summed E-state index contributed by atoms with van der Waals surface area (Å²) < 4.78 is 0. The quantitative estimate of drug-likeness (QED) is 0.194. The lowest BCUT2D eigenvalue weighted by atomic mass is 9.93. The van der Waals surface area contributed by atoms with Crippen molar-refractivity contribution in [3.63, 3.8) is 0 Å². The SMILES string of the molecule is Cc1c(O)[nH]c(O)c1C(=O)[C@@H](NC(=O)C[C@H](NC(=O)C=Cc1ccc(Cl)cc1)c1ccccc1)C(C)C. The van der Waals surface area contributed by atoms with Gasteiger partial charge in [-0.3, -0.25) is 19.4 Å². The van der Waals surface area contributed by atoms with E-state index in [4.69, 9.17) is 11.6 Å². The summed E-state index contributed by atoms with van der Waals surface area (Å²) in [6, 6.07) is 14.4. The maximum absolute atomic E-state index is 13.2. The number of amides is 2. The van der Waals surface area contributed by atoms with Gasteiger partial charge < -0.3 is 20.8 Å². The summed E-state index contributed by atoms with van der Waals surface area (Å²) in [5.41, 5.74) is 1.64. The molecule has 2 atom stereocenters. The van der Waals surface area contributed by atoms with Crippen molar-refractivity contribution in [2.24, 2.45) is 5.92 Å². The van der Waals surface area contributed by atoms with E-state index < -0.39 is 35.6 Å². The molecule has 0 radical (unpaired) electrons. The van der Waals surface area contributed by atoms with Crippen LogP contribution in [0.15, 0.2) is 60.7 Å². The van der Waals surface area contributed by atoms with E-state index in [9.17, 15) is 24.6 Å². The number of aromatic amines is 1. The number of nitrogens with one attached hydrogen (secondary N) is 3. The van der Waals surface area contributed by atoms with Crippen molar-refractivity contribution in [3.8, 4) is 11.8 Å². The topological polar surface area (TPSA) is 132 Å². The van der Waals surface area contributed by atoms with Gasteiger partial charge in [-0.2, -0.15) is 0 Å². The van der Waals surface area contributed by atoms with E-state index in [0.29, 0.717) is 5.02 Å². The lowest BCUT2D eigenvalue weighted by molar-refractivity contribution is -0.123. The lowest BCUT2D eigenvalue weighted by Crippen LogP contribution is -2.45. The molecule has 0 fully saturated rings. The van der Waals surface area contributed by atoms with Crippen LogP contribution in [0, 0.1) is 12.8 Å². The summed E-state index contributed by atoms with van der Waals surface area (Å²) >= 11 is 5.90. The summed E-state index contributed by atoms with van der Waals surface area (Å²) in [4.78, 5) is 41.2. The second-order valence-corrected chi connectivity index (χ2v) is 9.47. The minimum atomic E-state index is -0.954. The van der Waals surface area contributed by atoms with Crippen LogP contribution in [0.5, 0.6) is 11.8 Å². The predicted octanol–water partition coefficient (Wildman–Crippen LogP) is 4.67. The fraction of sp³-hybridized carbons (Fsp3) is 0.250. The van der Waals surface area contributed by atoms with Gasteiger partial charge in [-0.05, 0) is 42.2 Å². The van der Waals surface area contributed by atoms with Gasteiger partial charge in [0.05, 0.1) is 24.1 Å². The zero-order chi connectivity index (χ0) is 27.1. The summed E-state index contributed by atoms with van der Waals surface area (Å²) in [7, 11) is 0. The minimum absolute atomic E-state index is 0.0725. The third kappa shape index (κ3) is 7.24. The van der Waals surface area contributed by atoms with Gasteiger partial charge >= 0.3 is 0 Å². The predicted molar refractivity (Wildman–Crippen MR) is 142 cm³/mol. The Balaban J connectivity index is 1.75. The fourth-order valence-corrected chi connectivity index (χ4v) is 4.00. The molecule has 0 bridgehead atoms. The summed E-state index contributed by atoms with van der Waals surface area (Å²) in [6.45, 7) is 5.02. The second kappa shape index (κ2) is 12.3. The van der Waals surface area contributed by atoms with Crippen LogP contribution in [-0.4, -0.2) is 38.8 Å². The van der Waals surface area contributed by atoms with Crippen molar-refractivity contribution in [2.45, 2.75) is 39.3 Å². The molecule has 0 aliphatic rings. The maximum atomic E-state index is 13.2. The zero-order valence-corrected chi connectivity index (χ0v) is 21.5. The Labute approximate surface area is 220 Å². The molecule has 8 nitrogen and oxygen atoms in total. The van der Waals surface area contributed by atoms with Gasteiger partial charge in [0, 0.05) is 16.7 Å². The first-order chi connectivity index (χ1) is 17.6. The number of aromatic nitrogens is 1. The number of carbonyl (C=O) groups is 3. The van der Waals surface area contributed by atoms with Crippen LogP contribution in [0.1, 0.15) is 53.4 Å². The molecule has 2 amide bonds. The molecule has 0 unspecified atom stereocenters. The van der Waals surface area contributed by atoms with E-state index in [1.54, 1.807) is 68.5 Å². The summed E-state index contributed by atoms with van der Waals surface area (Å²) in [6.07, 6.45) is 2.90. The van der Waals surface area contributed by atoms with Crippen LogP contribution in [0.3, 0.4) is 0 Å². The van der Waals surface area contributed by atoms with Crippen molar-refractivity contribution in [1.82, 2.24) is 15.6 Å². The number of hydrogen-bond acceptors (Lipinski definition) is 5. The summed E-state index contributed by atoms with van der Waals surface area (Å²) in [5.74, 6) is -2.45. The molecule has 1 aromatic heterocycles. The Hall–Kier alpha value is -4.04. The van der Waals surface area contributed by atoms with Crippen LogP contribution >= 0.6 is 11.6 Å². The second-order valence-electron chi connectivity index (χ2n) is 9.04. The van der Waals surface area contributed by atoms with Crippen molar-refractivity contribution >= 4 is 35.3 Å². The highest BCUT2D eigenvalue weighted by atomic mass is 35.5. The molecule has 1 heterocycles. The average Bonchev–Trinajstić information content (AvgIpc) is 3.12. The number of rotatable bonds is 10. The Bertz CT molecular complexity index is 1280. The normalized spacial score (nSPS) is 12.9. The number of halogens is 1. The van der Waals surface area contributed by atoms with Crippen LogP contribution in [-0.2, 0) is 9.59 Å². The number of Topliss-reactive ketones (excluding diaryl/α,β-unsaturated/α-hetero) is 1. The third-order valence-corrected chi connectivity index (χ3v) is 6.17. The number of hydrogen-bond donors (Lipinski definition) is 5. The zero-order valence-electron chi connectivity index (χ0n) is 20.8. The van der Waals surface area contributed by atoms with E-state index >= 15 is 0 Å². The Kier molecular flexibility index (Phi) is 9.14. The molecular weight excluding hydrogens is 494 g/mol. The average molecular weight is 524 g/mol. The number of H-pyrrole nitrogens is 1. The number of benzene rings is 2. The standard InChI is InChI=1S/C28H30ClN3O5/c1-16(2)25(26(35)24-17(3)27(36)32-28(24)37)31-23(34)15-21(19-7-5-4-6-8-19)30-22(33)14-11-18-9-12-20(29)13-10-18/h4-14,16,21,25,32,36-37H,15H2,1-3H3,(H,30,33)(H,31,34)/t21-,25-/m0/s1. The lowest BCUT2D eigenvalue weighted by Gasteiger charge is -2.24. The molecule has 0 spiro atoms. The third-order valence-electron chi connectivity index (χ3n) is 5.92. The van der Waals surface area contributed by atoms with E-state index in [0.717, 1.165) is 11.1 Å². The number of carbonyl (C=O) groups excluding carboxylic acids is 3. The molecule has 9 heteroatoms. The van der Waals surface area contributed by atoms with Gasteiger partial charge in [0.25, 0.3) is 0 Å². The molecule has 3 aromatic rings. The van der Waals surface area contributed by atoms with Gasteiger partial charge in [0.15, 0.2) is 11.7 Å². The van der Waals surface area contributed by atoms with Crippen molar-refractivity contribution < 1.29 is 24.6 Å². The molecule has 37 heavy (non-hydrogen) atoms. The van der Waals surface area contributed by atoms with E-state index in [1.807, 2.05) is 6.07 Å². The first-order valence-corrected chi connectivity index (χ1v) is 12.2. The van der Waals surface area contributed by atoms with Crippen LogP contribution in [0.25, 0.3) is 6.08 Å². The smallest absolute Gasteiger partial charge is 0.244 e. The van der Waals surface area contributed by atoms with Gasteiger partial charge in [-0.25, -0.2) is 0 Å². The molecule has 2 aromatic carbocycles. The monoisotopic (exact) mass is 523 g/mol. The highest BCUT2D eigenvalue weighted by Crippen LogP contribution is 2.30. The first kappa shape index (κ1) is 27.5. The molecule has 5 N–H and O–H groups in total. The maximum Gasteiger partial charge on any atom is 0.244 e. The van der Waals surface area contributed by atoms with E-state index in [2.05, 4.69) is 15.6 Å². The Morgan fingerprint density at radius 1 is 0.973 bits per heavy atom. The van der Waals surface area contributed by atoms with Crippen molar-refractivity contribution in [3.05, 3.63) is 87.9 Å². The largest absolute Gasteiger partial charge is 0.494 e. The summed E-state index contributed by atoms with van der Waals surface area (Å²) in [5, 5.41) is 26.1. The number of aromatic hydroxyl groups is 2. The van der Waals surface area contributed by atoms with Crippen LogP contribution in [0.4, 0.5) is 0 Å². The van der Waals surface area contributed by atoms with Gasteiger partial charge in [0.2, 0.25) is 17.7 Å². The van der Waals surface area contributed by atoms with E-state index in [-0.39, 0.29) is 29.3 Å². The fourth-order valence-electron chi connectivity index (χ4n) is 3.88. The molecule has 3 rings (SSSR count).